The molecule has 1 aromatic heterocycles. The first-order chi connectivity index (χ1) is 9.71. The van der Waals surface area contributed by atoms with E-state index in [2.05, 4.69) is 9.17 Å². The molecule has 9 heteroatoms. The molecule has 0 saturated carbocycles. The lowest BCUT2D eigenvalue weighted by molar-refractivity contribution is -0.0499. The summed E-state index contributed by atoms with van der Waals surface area (Å²) in [5.74, 6) is -0.670. The summed E-state index contributed by atoms with van der Waals surface area (Å²) in [6.45, 7) is 4.00. The molecule has 2 rings (SSSR count). The minimum atomic E-state index is -5.81. The number of H-pyrrole nitrogens is 1. The zero-order valence-corrected chi connectivity index (χ0v) is 11.9. The van der Waals surface area contributed by atoms with E-state index in [0.29, 0.717) is 6.07 Å². The Bertz CT molecular complexity index is 781. The van der Waals surface area contributed by atoms with Gasteiger partial charge in [0, 0.05) is 11.5 Å². The van der Waals surface area contributed by atoms with Crippen LogP contribution in [0.15, 0.2) is 35.1 Å². The van der Waals surface area contributed by atoms with Gasteiger partial charge in [0.15, 0.2) is 5.75 Å². The summed E-state index contributed by atoms with van der Waals surface area (Å²) >= 11 is 0. The topological polar surface area (TPSA) is 76.2 Å². The van der Waals surface area contributed by atoms with Gasteiger partial charge in [-0.1, -0.05) is 26.0 Å². The van der Waals surface area contributed by atoms with E-state index in [4.69, 9.17) is 0 Å². The Hall–Kier alpha value is -2.03. The predicted octanol–water partition coefficient (Wildman–Crippen LogP) is 2.78. The zero-order valence-electron chi connectivity index (χ0n) is 11.1. The molecule has 0 aliphatic rings. The second kappa shape index (κ2) is 6.17. The Labute approximate surface area is 118 Å². The number of nitrogens with one attached hydrogen (secondary N) is 1. The molecule has 21 heavy (non-hydrogen) atoms. The fourth-order valence-electron chi connectivity index (χ4n) is 1.41. The predicted molar refractivity (Wildman–Crippen MR) is 71.5 cm³/mol. The van der Waals surface area contributed by atoms with Crippen LogP contribution in [-0.4, -0.2) is 18.9 Å². The highest BCUT2D eigenvalue weighted by Gasteiger charge is 2.48. The highest BCUT2D eigenvalue weighted by Crippen LogP contribution is 2.29. The molecular formula is C12H12F3NO4S. The highest BCUT2D eigenvalue weighted by molar-refractivity contribution is 7.88. The van der Waals surface area contributed by atoms with Crippen molar-refractivity contribution < 1.29 is 25.8 Å². The quantitative estimate of drug-likeness (QED) is 0.681. The van der Waals surface area contributed by atoms with Gasteiger partial charge in [0.1, 0.15) is 0 Å². The molecule has 0 saturated heterocycles. The molecule has 2 aromatic rings. The van der Waals surface area contributed by atoms with Crippen LogP contribution in [0.25, 0.3) is 10.9 Å². The maximum atomic E-state index is 12.2. The molecule has 1 heterocycles. The van der Waals surface area contributed by atoms with Gasteiger partial charge in [-0.2, -0.15) is 21.6 Å². The number of aromatic amines is 1. The monoisotopic (exact) mass is 323 g/mol. The summed E-state index contributed by atoms with van der Waals surface area (Å²) in [5.41, 5.74) is -6.16. The Morgan fingerprint density at radius 3 is 2.29 bits per heavy atom. The molecule has 0 atom stereocenters. The Morgan fingerprint density at radius 2 is 1.71 bits per heavy atom. The van der Waals surface area contributed by atoms with Crippen molar-refractivity contribution >= 4 is 21.0 Å². The van der Waals surface area contributed by atoms with Crippen molar-refractivity contribution in [2.24, 2.45) is 0 Å². The molecule has 0 amide bonds. The average Bonchev–Trinajstić information content (AvgIpc) is 2.39. The van der Waals surface area contributed by atoms with Crippen LogP contribution in [0.5, 0.6) is 5.75 Å². The summed E-state index contributed by atoms with van der Waals surface area (Å²) in [6.07, 6.45) is 0. The van der Waals surface area contributed by atoms with E-state index in [9.17, 15) is 26.4 Å². The first-order valence-electron chi connectivity index (χ1n) is 5.83. The number of pyridine rings is 1. The van der Waals surface area contributed by atoms with Crippen LogP contribution in [0, 0.1) is 0 Å². The van der Waals surface area contributed by atoms with Gasteiger partial charge in [-0.15, -0.1) is 0 Å². The summed E-state index contributed by atoms with van der Waals surface area (Å²) < 4.78 is 62.5. The lowest BCUT2D eigenvalue weighted by Crippen LogP contribution is -2.28. The third-order valence-corrected chi connectivity index (χ3v) is 3.16. The van der Waals surface area contributed by atoms with E-state index in [0.717, 1.165) is 0 Å². The number of rotatable bonds is 2. The third kappa shape index (κ3) is 3.75. The number of benzene rings is 1. The van der Waals surface area contributed by atoms with E-state index in [1.165, 1.54) is 24.3 Å². The fraction of sp³-hybridized carbons (Fsp3) is 0.250. The molecule has 5 nitrogen and oxygen atoms in total. The van der Waals surface area contributed by atoms with E-state index in [-0.39, 0.29) is 10.9 Å². The zero-order chi connectivity index (χ0) is 16.3. The third-order valence-electron chi connectivity index (χ3n) is 2.20. The Balaban J connectivity index is 0.00000106. The number of fused-ring (bicyclic) bond motifs is 1. The minimum Gasteiger partial charge on any atom is -0.375 e. The Kier molecular flexibility index (Phi) is 5.00. The van der Waals surface area contributed by atoms with Crippen molar-refractivity contribution in [1.82, 2.24) is 4.98 Å². The molecule has 0 fully saturated rings. The van der Waals surface area contributed by atoms with Crippen LogP contribution in [0.4, 0.5) is 13.2 Å². The number of alkyl halides is 3. The second-order valence-electron chi connectivity index (χ2n) is 3.53. The van der Waals surface area contributed by atoms with Crippen molar-refractivity contribution in [1.29, 1.82) is 0 Å². The van der Waals surface area contributed by atoms with Crippen LogP contribution >= 0.6 is 0 Å². The van der Waals surface area contributed by atoms with Gasteiger partial charge in [0.2, 0.25) is 0 Å². The molecule has 0 spiro atoms. The standard InChI is InChI=1S/C10H6F3NO4S.C2H6/c11-10(12,13)19(16,17)18-8-5-9(15)14-7-4-2-1-3-6(7)8;1-2/h1-5H,(H,14,15);1-2H3. The van der Waals surface area contributed by atoms with Crippen molar-refractivity contribution in [2.75, 3.05) is 0 Å². The molecule has 0 radical (unpaired) electrons. The lowest BCUT2D eigenvalue weighted by atomic mass is 10.2. The number of para-hydroxylation sites is 1. The van der Waals surface area contributed by atoms with Crippen LogP contribution < -0.4 is 9.74 Å². The molecule has 0 unspecified atom stereocenters. The van der Waals surface area contributed by atoms with Gasteiger partial charge in [-0.3, -0.25) is 4.79 Å². The molecule has 0 aliphatic heterocycles. The van der Waals surface area contributed by atoms with Crippen molar-refractivity contribution in [3.63, 3.8) is 0 Å². The number of aromatic nitrogens is 1. The first kappa shape index (κ1) is 17.0. The van der Waals surface area contributed by atoms with Gasteiger partial charge >= 0.3 is 15.6 Å². The molecule has 1 aromatic carbocycles. The molecule has 0 bridgehead atoms. The second-order valence-corrected chi connectivity index (χ2v) is 5.06. The van der Waals surface area contributed by atoms with E-state index in [1.807, 2.05) is 13.8 Å². The van der Waals surface area contributed by atoms with Gasteiger partial charge in [-0.25, -0.2) is 0 Å². The maximum absolute atomic E-state index is 12.2. The maximum Gasteiger partial charge on any atom is 0.534 e. The highest BCUT2D eigenvalue weighted by atomic mass is 32.2. The summed E-state index contributed by atoms with van der Waals surface area (Å²) in [7, 11) is -5.81. The minimum absolute atomic E-state index is 0.0509. The van der Waals surface area contributed by atoms with Gasteiger partial charge in [-0.05, 0) is 12.1 Å². The summed E-state index contributed by atoms with van der Waals surface area (Å²) in [6, 6.07) is 6.37. The summed E-state index contributed by atoms with van der Waals surface area (Å²) in [5, 5.41) is 0.0509. The van der Waals surface area contributed by atoms with Gasteiger partial charge < -0.3 is 9.17 Å². The van der Waals surface area contributed by atoms with Crippen molar-refractivity contribution in [3.05, 3.63) is 40.7 Å². The lowest BCUT2D eigenvalue weighted by Gasteiger charge is -2.10. The normalized spacial score (nSPS) is 11.7. The largest absolute Gasteiger partial charge is 0.534 e. The van der Waals surface area contributed by atoms with E-state index in [1.54, 1.807) is 0 Å². The molecule has 1 N–H and O–H groups in total. The smallest absolute Gasteiger partial charge is 0.375 e. The van der Waals surface area contributed by atoms with Gasteiger partial charge in [0.05, 0.1) is 5.52 Å². The van der Waals surface area contributed by atoms with Crippen LogP contribution in [0.3, 0.4) is 0 Å². The van der Waals surface area contributed by atoms with E-state index < -0.39 is 26.9 Å². The molecule has 116 valence electrons. The number of halogens is 3. The SMILES string of the molecule is CC.O=c1cc(OS(=O)(=O)C(F)(F)F)c2ccccc2[nH]1. The van der Waals surface area contributed by atoms with Gasteiger partial charge in [0.25, 0.3) is 5.56 Å². The van der Waals surface area contributed by atoms with Crippen molar-refractivity contribution in [3.8, 4) is 5.75 Å². The Morgan fingerprint density at radius 1 is 1.14 bits per heavy atom. The average molecular weight is 323 g/mol. The molecule has 0 aliphatic carbocycles. The summed E-state index contributed by atoms with van der Waals surface area (Å²) in [4.78, 5) is 13.6. The first-order valence-corrected chi connectivity index (χ1v) is 7.24. The number of hydrogen-bond donors (Lipinski definition) is 1. The number of hydrogen-bond acceptors (Lipinski definition) is 4. The van der Waals surface area contributed by atoms with Crippen molar-refractivity contribution in [2.45, 2.75) is 19.4 Å². The van der Waals surface area contributed by atoms with Crippen LogP contribution in [-0.2, 0) is 10.1 Å². The van der Waals surface area contributed by atoms with Crippen LogP contribution in [0.1, 0.15) is 13.8 Å². The molecular weight excluding hydrogens is 311 g/mol. The fourth-order valence-corrected chi connectivity index (χ4v) is 1.88. The van der Waals surface area contributed by atoms with Crippen LogP contribution in [0.2, 0.25) is 0 Å². The van der Waals surface area contributed by atoms with E-state index >= 15 is 0 Å².